The molecule has 1 aromatic rings. The van der Waals surface area contributed by atoms with Crippen LogP contribution in [0.3, 0.4) is 0 Å². The number of fused-ring (bicyclic) bond motifs is 1. The number of carbonyl (C=O) groups excluding carboxylic acids is 1. The molecular weight excluding hydrogens is 366 g/mol. The van der Waals surface area contributed by atoms with Crippen molar-refractivity contribution in [1.82, 2.24) is 5.32 Å². The molecule has 4 nitrogen and oxygen atoms in total. The van der Waals surface area contributed by atoms with Gasteiger partial charge in [-0.05, 0) is 28.1 Å². The monoisotopic (exact) mass is 375 g/mol. The first-order chi connectivity index (χ1) is 8.58. The Kier molecular flexibility index (Phi) is 4.29. The van der Waals surface area contributed by atoms with Crippen LogP contribution >= 0.6 is 31.9 Å². The lowest BCUT2D eigenvalue weighted by Crippen LogP contribution is -2.25. The molecule has 96 valence electrons. The predicted molar refractivity (Wildman–Crippen MR) is 75.5 cm³/mol. The summed E-state index contributed by atoms with van der Waals surface area (Å²) in [5, 5.41) is 2.73. The molecule has 0 saturated heterocycles. The summed E-state index contributed by atoms with van der Waals surface area (Å²) in [6.45, 7) is 5.04. The molecule has 0 radical (unpaired) electrons. The fourth-order valence-corrected chi connectivity index (χ4v) is 2.22. The van der Waals surface area contributed by atoms with Gasteiger partial charge in [0.05, 0.1) is 4.47 Å². The normalized spacial score (nSPS) is 13.0. The highest BCUT2D eigenvalue weighted by atomic mass is 79.9. The molecule has 0 unspecified atom stereocenters. The van der Waals surface area contributed by atoms with Crippen molar-refractivity contribution in [2.45, 2.75) is 0 Å². The second-order valence-electron chi connectivity index (χ2n) is 3.68. The number of ether oxygens (including phenoxy) is 2. The van der Waals surface area contributed by atoms with Crippen molar-refractivity contribution in [2.24, 2.45) is 0 Å². The van der Waals surface area contributed by atoms with Crippen molar-refractivity contribution in [3.63, 3.8) is 0 Å². The molecule has 1 aliphatic heterocycles. The zero-order valence-corrected chi connectivity index (χ0v) is 12.6. The van der Waals surface area contributed by atoms with Crippen molar-refractivity contribution < 1.29 is 14.3 Å². The number of benzene rings is 1. The molecule has 0 saturated carbocycles. The van der Waals surface area contributed by atoms with Crippen LogP contribution in [0, 0.1) is 0 Å². The van der Waals surface area contributed by atoms with E-state index in [1.165, 1.54) is 0 Å². The quantitative estimate of drug-likeness (QED) is 0.882. The van der Waals surface area contributed by atoms with Crippen molar-refractivity contribution in [3.8, 4) is 11.5 Å². The second kappa shape index (κ2) is 5.75. The van der Waals surface area contributed by atoms with E-state index in [4.69, 9.17) is 9.47 Å². The van der Waals surface area contributed by atoms with Crippen molar-refractivity contribution in [3.05, 3.63) is 33.2 Å². The Morgan fingerprint density at radius 1 is 1.39 bits per heavy atom. The summed E-state index contributed by atoms with van der Waals surface area (Å²) in [6, 6.07) is 3.38. The Balaban J connectivity index is 2.21. The third-order valence-electron chi connectivity index (χ3n) is 2.30. The van der Waals surface area contributed by atoms with E-state index in [1.54, 1.807) is 12.1 Å². The second-order valence-corrected chi connectivity index (χ2v) is 5.66. The van der Waals surface area contributed by atoms with Gasteiger partial charge in [-0.2, -0.15) is 0 Å². The Labute approximate surface area is 122 Å². The van der Waals surface area contributed by atoms with E-state index in [0.29, 0.717) is 45.8 Å². The van der Waals surface area contributed by atoms with Crippen molar-refractivity contribution >= 4 is 37.8 Å². The van der Waals surface area contributed by atoms with Crippen LogP contribution < -0.4 is 14.8 Å². The first kappa shape index (κ1) is 13.4. The maximum Gasteiger partial charge on any atom is 0.251 e. The van der Waals surface area contributed by atoms with Crippen LogP contribution in [0.1, 0.15) is 10.4 Å². The lowest BCUT2D eigenvalue weighted by Gasteiger charge is -2.20. The van der Waals surface area contributed by atoms with E-state index in [-0.39, 0.29) is 5.91 Å². The third-order valence-corrected chi connectivity index (χ3v) is 3.17. The Morgan fingerprint density at radius 2 is 2.11 bits per heavy atom. The minimum Gasteiger partial charge on any atom is -0.486 e. The highest BCUT2D eigenvalue weighted by molar-refractivity contribution is 9.11. The van der Waals surface area contributed by atoms with Gasteiger partial charge in [-0.15, -0.1) is 0 Å². The van der Waals surface area contributed by atoms with Gasteiger partial charge in [0.25, 0.3) is 5.91 Å². The van der Waals surface area contributed by atoms with Gasteiger partial charge in [-0.25, -0.2) is 0 Å². The summed E-state index contributed by atoms with van der Waals surface area (Å²) < 4.78 is 12.3. The SMILES string of the molecule is C=C(Br)CNC(=O)c1cc(Br)c2c(c1)OCCO2. The summed E-state index contributed by atoms with van der Waals surface area (Å²) in [4.78, 5) is 11.9. The zero-order chi connectivity index (χ0) is 13.1. The van der Waals surface area contributed by atoms with E-state index in [1.807, 2.05) is 0 Å². The molecule has 1 aliphatic rings. The van der Waals surface area contributed by atoms with Gasteiger partial charge < -0.3 is 14.8 Å². The standard InChI is InChI=1S/C12H11Br2NO3/c1-7(13)6-15-12(16)8-4-9(14)11-10(5-8)17-2-3-18-11/h4-5H,1-3,6H2,(H,15,16). The van der Waals surface area contributed by atoms with Gasteiger partial charge in [0.2, 0.25) is 0 Å². The lowest BCUT2D eigenvalue weighted by molar-refractivity contribution is 0.0956. The minimum absolute atomic E-state index is 0.187. The van der Waals surface area contributed by atoms with Gasteiger partial charge in [0.1, 0.15) is 13.2 Å². The number of rotatable bonds is 3. The molecular formula is C12H11Br2NO3. The summed E-state index contributed by atoms with van der Waals surface area (Å²) in [5.41, 5.74) is 0.514. The van der Waals surface area contributed by atoms with E-state index in [2.05, 4.69) is 43.8 Å². The number of halogens is 2. The highest BCUT2D eigenvalue weighted by Crippen LogP contribution is 2.38. The summed E-state index contributed by atoms with van der Waals surface area (Å²) in [5.74, 6) is 1.04. The molecule has 1 aromatic carbocycles. The molecule has 18 heavy (non-hydrogen) atoms. The van der Waals surface area contributed by atoms with E-state index in [0.717, 1.165) is 0 Å². The van der Waals surface area contributed by atoms with Crippen molar-refractivity contribution in [1.29, 1.82) is 0 Å². The molecule has 1 heterocycles. The van der Waals surface area contributed by atoms with Gasteiger partial charge >= 0.3 is 0 Å². The Morgan fingerprint density at radius 3 is 2.83 bits per heavy atom. The number of nitrogens with one attached hydrogen (secondary N) is 1. The van der Waals surface area contributed by atoms with Crippen LogP contribution in [0.15, 0.2) is 27.7 Å². The van der Waals surface area contributed by atoms with Gasteiger partial charge in [0, 0.05) is 16.6 Å². The van der Waals surface area contributed by atoms with Crippen LogP contribution in [-0.4, -0.2) is 25.7 Å². The smallest absolute Gasteiger partial charge is 0.251 e. The highest BCUT2D eigenvalue weighted by Gasteiger charge is 2.18. The topological polar surface area (TPSA) is 47.6 Å². The first-order valence-electron chi connectivity index (χ1n) is 5.28. The van der Waals surface area contributed by atoms with Gasteiger partial charge in [-0.3, -0.25) is 4.79 Å². The Hall–Kier alpha value is -1.01. The zero-order valence-electron chi connectivity index (χ0n) is 9.46. The number of hydrogen-bond acceptors (Lipinski definition) is 3. The average molecular weight is 377 g/mol. The molecule has 6 heteroatoms. The van der Waals surface area contributed by atoms with E-state index >= 15 is 0 Å². The average Bonchev–Trinajstić information content (AvgIpc) is 2.36. The molecule has 0 atom stereocenters. The molecule has 0 aliphatic carbocycles. The lowest BCUT2D eigenvalue weighted by atomic mass is 10.2. The largest absolute Gasteiger partial charge is 0.486 e. The first-order valence-corrected chi connectivity index (χ1v) is 6.87. The van der Waals surface area contributed by atoms with Crippen LogP contribution in [-0.2, 0) is 0 Å². The third kappa shape index (κ3) is 3.05. The van der Waals surface area contributed by atoms with Crippen LogP contribution in [0.5, 0.6) is 11.5 Å². The number of amides is 1. The van der Waals surface area contributed by atoms with Gasteiger partial charge in [-0.1, -0.05) is 22.5 Å². The van der Waals surface area contributed by atoms with Gasteiger partial charge in [0.15, 0.2) is 11.5 Å². The summed E-state index contributed by atoms with van der Waals surface area (Å²) in [6.07, 6.45) is 0. The maximum absolute atomic E-state index is 11.9. The van der Waals surface area contributed by atoms with Crippen LogP contribution in [0.25, 0.3) is 0 Å². The molecule has 1 amide bonds. The predicted octanol–water partition coefficient (Wildman–Crippen LogP) is 2.86. The molecule has 1 N–H and O–H groups in total. The molecule has 0 bridgehead atoms. The fourth-order valence-electron chi connectivity index (χ4n) is 1.52. The number of carbonyl (C=O) groups is 1. The van der Waals surface area contributed by atoms with Crippen LogP contribution in [0.2, 0.25) is 0 Å². The summed E-state index contributed by atoms with van der Waals surface area (Å²) >= 11 is 6.56. The number of hydrogen-bond donors (Lipinski definition) is 1. The maximum atomic E-state index is 11.9. The fraction of sp³-hybridized carbons (Fsp3) is 0.250. The summed E-state index contributed by atoms with van der Waals surface area (Å²) in [7, 11) is 0. The molecule has 0 spiro atoms. The Bertz CT molecular complexity index is 502. The molecule has 0 aromatic heterocycles. The minimum atomic E-state index is -0.187. The van der Waals surface area contributed by atoms with E-state index < -0.39 is 0 Å². The molecule has 2 rings (SSSR count). The van der Waals surface area contributed by atoms with Crippen LogP contribution in [0.4, 0.5) is 0 Å². The van der Waals surface area contributed by atoms with Crippen molar-refractivity contribution in [2.75, 3.05) is 19.8 Å². The molecule has 0 fully saturated rings. The van der Waals surface area contributed by atoms with E-state index in [9.17, 15) is 4.79 Å².